The van der Waals surface area contributed by atoms with Gasteiger partial charge in [-0.15, -0.1) is 0 Å². The van der Waals surface area contributed by atoms with Crippen LogP contribution in [-0.4, -0.2) is 20.7 Å². The van der Waals surface area contributed by atoms with Crippen LogP contribution in [-0.2, 0) is 13.7 Å². The predicted molar refractivity (Wildman–Crippen MR) is 97.4 cm³/mol. The number of pyridine rings is 1. The van der Waals surface area contributed by atoms with Crippen molar-refractivity contribution in [3.05, 3.63) is 81.1 Å². The van der Waals surface area contributed by atoms with E-state index >= 15 is 0 Å². The van der Waals surface area contributed by atoms with Crippen LogP contribution in [0.2, 0.25) is 5.02 Å². The number of hydrogen-bond donors (Lipinski definition) is 1. The van der Waals surface area contributed by atoms with Gasteiger partial charge in [0.25, 0.3) is 11.5 Å². The first-order chi connectivity index (χ1) is 12.9. The number of ether oxygens (including phenoxy) is 1. The fourth-order valence-corrected chi connectivity index (χ4v) is 2.24. The maximum absolute atomic E-state index is 13.4. The van der Waals surface area contributed by atoms with Gasteiger partial charge in [-0.1, -0.05) is 17.7 Å². The van der Waals surface area contributed by atoms with Gasteiger partial charge in [0.15, 0.2) is 0 Å². The van der Waals surface area contributed by atoms with Crippen molar-refractivity contribution in [2.24, 2.45) is 7.05 Å². The quantitative estimate of drug-likeness (QED) is 0.726. The summed E-state index contributed by atoms with van der Waals surface area (Å²) in [7, 11) is 1.46. The van der Waals surface area contributed by atoms with Crippen molar-refractivity contribution in [3.63, 3.8) is 0 Å². The maximum Gasteiger partial charge on any atom is 0.277 e. The van der Waals surface area contributed by atoms with E-state index < -0.39 is 11.7 Å². The molecule has 0 atom stereocenters. The highest BCUT2D eigenvalue weighted by Crippen LogP contribution is 2.21. The van der Waals surface area contributed by atoms with Crippen LogP contribution < -0.4 is 15.6 Å². The minimum atomic E-state index is -0.558. The average molecular weight is 389 g/mol. The molecule has 0 aliphatic carbocycles. The van der Waals surface area contributed by atoms with Gasteiger partial charge in [0.05, 0.1) is 5.02 Å². The van der Waals surface area contributed by atoms with Crippen LogP contribution in [0.1, 0.15) is 16.1 Å². The normalized spacial score (nSPS) is 10.5. The lowest BCUT2D eigenvalue weighted by atomic mass is 10.3. The van der Waals surface area contributed by atoms with Crippen LogP contribution in [0.25, 0.3) is 0 Å². The van der Waals surface area contributed by atoms with Crippen LogP contribution in [0, 0.1) is 5.82 Å². The third-order valence-corrected chi connectivity index (χ3v) is 3.86. The Bertz CT molecular complexity index is 1040. The molecule has 7 nitrogen and oxygen atoms in total. The fourth-order valence-electron chi connectivity index (χ4n) is 2.12. The SMILES string of the molecule is Cn1nc(C(=O)Nc2ccc(COc3ccc(Cl)c(F)c3)cn2)ccc1=O. The Kier molecular flexibility index (Phi) is 5.46. The zero-order chi connectivity index (χ0) is 19.4. The lowest BCUT2D eigenvalue weighted by molar-refractivity contribution is 0.101. The number of carbonyl (C=O) groups excluding carboxylic acids is 1. The van der Waals surface area contributed by atoms with Crippen LogP contribution in [0.3, 0.4) is 0 Å². The molecule has 1 N–H and O–H groups in total. The van der Waals surface area contributed by atoms with E-state index in [1.165, 1.54) is 37.5 Å². The van der Waals surface area contributed by atoms with Crippen molar-refractivity contribution in [1.29, 1.82) is 0 Å². The van der Waals surface area contributed by atoms with E-state index in [4.69, 9.17) is 16.3 Å². The van der Waals surface area contributed by atoms with Crippen LogP contribution in [0.15, 0.2) is 53.5 Å². The number of nitrogens with zero attached hydrogens (tertiary/aromatic N) is 3. The predicted octanol–water partition coefficient (Wildman–Crippen LogP) is 2.80. The Morgan fingerprint density at radius 1 is 1.26 bits per heavy atom. The number of carbonyl (C=O) groups is 1. The van der Waals surface area contributed by atoms with E-state index in [1.807, 2.05) is 0 Å². The second-order valence-electron chi connectivity index (χ2n) is 5.55. The standard InChI is InChI=1S/C18H14ClFN4O3/c1-24-17(25)7-5-15(23-24)18(26)22-16-6-2-11(9-21-16)10-27-12-3-4-13(19)14(20)8-12/h2-9H,10H2,1H3,(H,21,22,26). The van der Waals surface area contributed by atoms with E-state index in [0.717, 1.165) is 10.2 Å². The highest BCUT2D eigenvalue weighted by molar-refractivity contribution is 6.30. The van der Waals surface area contributed by atoms with E-state index in [1.54, 1.807) is 18.2 Å². The molecule has 1 amide bonds. The minimum Gasteiger partial charge on any atom is -0.489 e. The van der Waals surface area contributed by atoms with Gasteiger partial charge >= 0.3 is 0 Å². The number of anilines is 1. The summed E-state index contributed by atoms with van der Waals surface area (Å²) >= 11 is 5.62. The largest absolute Gasteiger partial charge is 0.489 e. The summed E-state index contributed by atoms with van der Waals surface area (Å²) in [5.74, 6) is -0.386. The van der Waals surface area contributed by atoms with Gasteiger partial charge in [-0.3, -0.25) is 9.59 Å². The first kappa shape index (κ1) is 18.5. The molecule has 2 aromatic heterocycles. The second kappa shape index (κ2) is 7.96. The topological polar surface area (TPSA) is 86.1 Å². The average Bonchev–Trinajstić information content (AvgIpc) is 2.66. The summed E-state index contributed by atoms with van der Waals surface area (Å²) in [5.41, 5.74) is 0.509. The molecule has 0 aliphatic heterocycles. The second-order valence-corrected chi connectivity index (χ2v) is 5.96. The zero-order valence-corrected chi connectivity index (χ0v) is 14.9. The smallest absolute Gasteiger partial charge is 0.277 e. The van der Waals surface area contributed by atoms with Crippen LogP contribution in [0.5, 0.6) is 5.75 Å². The number of halogens is 2. The molecule has 0 aliphatic rings. The molecular formula is C18H14ClFN4O3. The third kappa shape index (κ3) is 4.68. The van der Waals surface area contributed by atoms with Gasteiger partial charge in [0, 0.05) is 30.9 Å². The molecule has 1 aromatic carbocycles. The summed E-state index contributed by atoms with van der Waals surface area (Å²) in [6.07, 6.45) is 1.52. The Morgan fingerprint density at radius 2 is 2.07 bits per heavy atom. The van der Waals surface area contributed by atoms with Crippen molar-refractivity contribution in [2.75, 3.05) is 5.32 Å². The summed E-state index contributed by atoms with van der Waals surface area (Å²) in [6, 6.07) is 10.1. The Morgan fingerprint density at radius 3 is 2.74 bits per heavy atom. The molecular weight excluding hydrogens is 375 g/mol. The number of aryl methyl sites for hydroxylation is 1. The van der Waals surface area contributed by atoms with Gasteiger partial charge in [-0.25, -0.2) is 14.1 Å². The number of rotatable bonds is 5. The first-order valence-electron chi connectivity index (χ1n) is 7.81. The first-order valence-corrected chi connectivity index (χ1v) is 8.18. The number of benzene rings is 1. The molecule has 27 heavy (non-hydrogen) atoms. The summed E-state index contributed by atoms with van der Waals surface area (Å²) in [6.45, 7) is 0.171. The molecule has 3 rings (SSSR count). The van der Waals surface area contributed by atoms with Gasteiger partial charge in [0.1, 0.15) is 29.7 Å². The molecule has 0 bridgehead atoms. The summed E-state index contributed by atoms with van der Waals surface area (Å²) < 4.78 is 19.9. The van der Waals surface area contributed by atoms with Crippen molar-refractivity contribution in [2.45, 2.75) is 6.61 Å². The van der Waals surface area contributed by atoms with Crippen LogP contribution in [0.4, 0.5) is 10.2 Å². The van der Waals surface area contributed by atoms with Gasteiger partial charge in [-0.2, -0.15) is 5.10 Å². The number of amides is 1. The van der Waals surface area contributed by atoms with E-state index in [2.05, 4.69) is 15.4 Å². The van der Waals surface area contributed by atoms with Crippen molar-refractivity contribution >= 4 is 23.3 Å². The molecule has 138 valence electrons. The highest BCUT2D eigenvalue weighted by Gasteiger charge is 2.10. The molecule has 0 saturated carbocycles. The zero-order valence-electron chi connectivity index (χ0n) is 14.1. The Balaban J connectivity index is 1.61. The van der Waals surface area contributed by atoms with Crippen molar-refractivity contribution < 1.29 is 13.9 Å². The van der Waals surface area contributed by atoms with Gasteiger partial charge in [-0.05, 0) is 24.3 Å². The molecule has 2 heterocycles. The van der Waals surface area contributed by atoms with Crippen molar-refractivity contribution in [1.82, 2.24) is 14.8 Å². The van der Waals surface area contributed by atoms with E-state index in [-0.39, 0.29) is 22.9 Å². The molecule has 0 unspecified atom stereocenters. The monoisotopic (exact) mass is 388 g/mol. The molecule has 0 fully saturated rings. The third-order valence-electron chi connectivity index (χ3n) is 3.56. The minimum absolute atomic E-state index is 0.0251. The van der Waals surface area contributed by atoms with E-state index in [0.29, 0.717) is 11.6 Å². The molecule has 3 aromatic rings. The van der Waals surface area contributed by atoms with Crippen molar-refractivity contribution in [3.8, 4) is 5.75 Å². The maximum atomic E-state index is 13.4. The van der Waals surface area contributed by atoms with E-state index in [9.17, 15) is 14.0 Å². The summed E-state index contributed by atoms with van der Waals surface area (Å²) in [4.78, 5) is 27.6. The lowest BCUT2D eigenvalue weighted by Crippen LogP contribution is -2.23. The van der Waals surface area contributed by atoms with Crippen LogP contribution >= 0.6 is 11.6 Å². The highest BCUT2D eigenvalue weighted by atomic mass is 35.5. The summed E-state index contributed by atoms with van der Waals surface area (Å²) in [5, 5.41) is 6.48. The number of hydrogen-bond acceptors (Lipinski definition) is 5. The Labute approximate surface area is 158 Å². The van der Waals surface area contributed by atoms with Gasteiger partial charge < -0.3 is 10.1 Å². The number of nitrogens with one attached hydrogen (secondary N) is 1. The molecule has 0 saturated heterocycles. The van der Waals surface area contributed by atoms with Gasteiger partial charge in [0.2, 0.25) is 0 Å². The Hall–Kier alpha value is -3.26. The lowest BCUT2D eigenvalue weighted by Gasteiger charge is -2.08. The molecule has 9 heteroatoms. The molecule has 0 radical (unpaired) electrons. The molecule has 0 spiro atoms. The fraction of sp³-hybridized carbons (Fsp3) is 0.111. The number of aromatic nitrogens is 3.